The zero-order valence-electron chi connectivity index (χ0n) is 9.75. The normalized spacial score (nSPS) is 17.6. The van der Waals surface area contributed by atoms with Gasteiger partial charge in [0.05, 0.1) is 0 Å². The van der Waals surface area contributed by atoms with Gasteiger partial charge in [-0.25, -0.2) is 0 Å². The molecule has 0 aromatic carbocycles. The molecule has 84 valence electrons. The third-order valence-corrected chi connectivity index (χ3v) is 8.28. The van der Waals surface area contributed by atoms with Crippen LogP contribution in [0.5, 0.6) is 0 Å². The molecule has 1 aliphatic heterocycles. The molecule has 1 heterocycles. The monoisotopic (exact) mass is 221 g/mol. The van der Waals surface area contributed by atoms with Crippen molar-refractivity contribution in [3.63, 3.8) is 0 Å². The van der Waals surface area contributed by atoms with Crippen molar-refractivity contribution in [2.45, 2.75) is 31.0 Å². The summed E-state index contributed by atoms with van der Waals surface area (Å²) in [6.07, 6.45) is 9.01. The van der Waals surface area contributed by atoms with Crippen molar-refractivity contribution in [3.8, 4) is 0 Å². The molecule has 15 heavy (non-hydrogen) atoms. The molecule has 0 amide bonds. The molecule has 1 fully saturated rings. The van der Waals surface area contributed by atoms with Crippen LogP contribution in [-0.2, 0) is 0 Å². The highest BCUT2D eigenvalue weighted by molar-refractivity contribution is 6.78. The van der Waals surface area contributed by atoms with Crippen LogP contribution < -0.4 is 0 Å². The Hall–Kier alpha value is -0.603. The maximum atomic E-state index is 3.92. The van der Waals surface area contributed by atoms with E-state index in [-0.39, 0.29) is 0 Å². The smallest absolute Gasteiger partial charge is 0.139 e. The Bertz CT molecular complexity index is 202. The quantitative estimate of drug-likeness (QED) is 0.469. The van der Waals surface area contributed by atoms with E-state index in [0.717, 1.165) is 0 Å². The molecule has 0 aliphatic carbocycles. The van der Waals surface area contributed by atoms with Crippen LogP contribution in [0.1, 0.15) is 12.8 Å². The molecule has 1 rings (SSSR count). The Morgan fingerprint density at radius 1 is 0.867 bits per heavy atom. The average Bonchev–Trinajstić information content (AvgIpc) is 2.72. The number of hydrogen-bond donors (Lipinski definition) is 0. The molecule has 2 heteroatoms. The first-order valence-electron chi connectivity index (χ1n) is 5.87. The maximum Gasteiger partial charge on any atom is 0.139 e. The highest BCUT2D eigenvalue weighted by Gasteiger charge is 2.37. The molecule has 0 aromatic heterocycles. The Morgan fingerprint density at radius 3 is 1.60 bits per heavy atom. The second kappa shape index (κ2) is 6.08. The van der Waals surface area contributed by atoms with Crippen LogP contribution in [0.3, 0.4) is 0 Å². The molecule has 0 spiro atoms. The minimum Gasteiger partial charge on any atom is -0.323 e. The molecule has 0 unspecified atom stereocenters. The highest BCUT2D eigenvalue weighted by atomic mass is 28.3. The maximum absolute atomic E-state index is 3.92. The molecule has 0 atom stereocenters. The lowest BCUT2D eigenvalue weighted by atomic mass is 10.4. The molecule has 0 N–H and O–H groups in total. The van der Waals surface area contributed by atoms with Crippen molar-refractivity contribution in [1.82, 2.24) is 4.57 Å². The summed E-state index contributed by atoms with van der Waals surface area (Å²) in [4.78, 5) is 0. The van der Waals surface area contributed by atoms with Gasteiger partial charge in [-0.3, -0.25) is 0 Å². The van der Waals surface area contributed by atoms with E-state index in [0.29, 0.717) is 0 Å². The summed E-state index contributed by atoms with van der Waals surface area (Å²) in [6.45, 7) is 14.3. The zero-order valence-corrected chi connectivity index (χ0v) is 10.8. The van der Waals surface area contributed by atoms with Crippen molar-refractivity contribution in [1.29, 1.82) is 0 Å². The van der Waals surface area contributed by atoms with E-state index >= 15 is 0 Å². The predicted molar refractivity (Wildman–Crippen MR) is 71.6 cm³/mol. The third-order valence-electron chi connectivity index (χ3n) is 3.35. The van der Waals surface area contributed by atoms with E-state index in [9.17, 15) is 0 Å². The van der Waals surface area contributed by atoms with Crippen LogP contribution in [0.2, 0.25) is 18.1 Å². The molecule has 0 aromatic rings. The molecule has 0 bridgehead atoms. The van der Waals surface area contributed by atoms with Gasteiger partial charge in [-0.2, -0.15) is 0 Å². The van der Waals surface area contributed by atoms with E-state index in [2.05, 4.69) is 42.5 Å². The van der Waals surface area contributed by atoms with Gasteiger partial charge in [0.15, 0.2) is 0 Å². The van der Waals surface area contributed by atoms with Crippen molar-refractivity contribution in [3.05, 3.63) is 38.0 Å². The van der Waals surface area contributed by atoms with E-state index in [4.69, 9.17) is 0 Å². The lowest BCUT2D eigenvalue weighted by Gasteiger charge is -2.38. The van der Waals surface area contributed by atoms with Gasteiger partial charge in [0.1, 0.15) is 8.24 Å². The first-order chi connectivity index (χ1) is 7.29. The second-order valence-electron chi connectivity index (χ2n) is 4.40. The van der Waals surface area contributed by atoms with E-state index in [1.165, 1.54) is 44.1 Å². The fourth-order valence-corrected chi connectivity index (χ4v) is 6.79. The summed E-state index contributed by atoms with van der Waals surface area (Å²) >= 11 is 0. The van der Waals surface area contributed by atoms with Gasteiger partial charge < -0.3 is 4.57 Å². The fourth-order valence-electron chi connectivity index (χ4n) is 2.63. The number of hydrogen-bond acceptors (Lipinski definition) is 1. The number of rotatable bonds is 7. The van der Waals surface area contributed by atoms with Gasteiger partial charge in [-0.05, 0) is 44.1 Å². The van der Waals surface area contributed by atoms with Crippen LogP contribution in [0, 0.1) is 0 Å². The summed E-state index contributed by atoms with van der Waals surface area (Å²) in [7, 11) is -1.38. The van der Waals surface area contributed by atoms with Crippen LogP contribution in [0.4, 0.5) is 0 Å². The van der Waals surface area contributed by atoms with E-state index in [1.807, 2.05) is 0 Å². The van der Waals surface area contributed by atoms with E-state index in [1.54, 1.807) is 0 Å². The average molecular weight is 221 g/mol. The third kappa shape index (κ3) is 2.92. The molecule has 1 nitrogen and oxygen atoms in total. The number of nitrogens with zero attached hydrogens (tertiary/aromatic N) is 1. The minimum atomic E-state index is -1.38. The van der Waals surface area contributed by atoms with Gasteiger partial charge in [-0.1, -0.05) is 18.2 Å². The molecule has 1 saturated heterocycles. The Labute approximate surface area is 95.3 Å². The molecule has 1 aliphatic rings. The predicted octanol–water partition coefficient (Wildman–Crippen LogP) is 3.59. The van der Waals surface area contributed by atoms with Gasteiger partial charge >= 0.3 is 0 Å². The SMILES string of the molecule is C=CC[Si](CC=C)(CC=C)N1CCCC1. The van der Waals surface area contributed by atoms with Gasteiger partial charge in [0, 0.05) is 0 Å². The zero-order chi connectivity index (χ0) is 11.1. The van der Waals surface area contributed by atoms with Crippen molar-refractivity contribution in [2.24, 2.45) is 0 Å². The summed E-state index contributed by atoms with van der Waals surface area (Å²) in [5.41, 5.74) is 0. The largest absolute Gasteiger partial charge is 0.323 e. The lowest BCUT2D eigenvalue weighted by Crippen LogP contribution is -2.51. The van der Waals surface area contributed by atoms with Crippen LogP contribution in [-0.4, -0.2) is 25.9 Å². The van der Waals surface area contributed by atoms with Gasteiger partial charge in [0.25, 0.3) is 0 Å². The lowest BCUT2D eigenvalue weighted by molar-refractivity contribution is 0.513. The topological polar surface area (TPSA) is 3.24 Å². The van der Waals surface area contributed by atoms with Crippen LogP contribution in [0.25, 0.3) is 0 Å². The standard InChI is InChI=1S/C13H23NSi/c1-4-11-15(12-5-2,13-6-3)14-9-7-8-10-14/h4-6H,1-3,7-13H2. The van der Waals surface area contributed by atoms with Crippen molar-refractivity contribution < 1.29 is 0 Å². The summed E-state index contributed by atoms with van der Waals surface area (Å²) in [6, 6.07) is 3.52. The molecular weight excluding hydrogens is 198 g/mol. The minimum absolute atomic E-state index is 1.17. The highest BCUT2D eigenvalue weighted by Crippen LogP contribution is 2.30. The van der Waals surface area contributed by atoms with Crippen LogP contribution >= 0.6 is 0 Å². The summed E-state index contributed by atoms with van der Waals surface area (Å²) < 4.78 is 2.73. The molecule has 0 radical (unpaired) electrons. The van der Waals surface area contributed by atoms with Gasteiger partial charge in [0.2, 0.25) is 0 Å². The Morgan fingerprint density at radius 2 is 1.27 bits per heavy atom. The first-order valence-corrected chi connectivity index (χ1v) is 8.43. The van der Waals surface area contributed by atoms with E-state index < -0.39 is 8.24 Å². The Kier molecular flexibility index (Phi) is 5.06. The van der Waals surface area contributed by atoms with Crippen molar-refractivity contribution in [2.75, 3.05) is 13.1 Å². The molecule has 0 saturated carbocycles. The Balaban J connectivity index is 2.81. The molecular formula is C13H23NSi. The van der Waals surface area contributed by atoms with Crippen LogP contribution in [0.15, 0.2) is 38.0 Å². The first kappa shape index (κ1) is 12.5. The van der Waals surface area contributed by atoms with Crippen molar-refractivity contribution >= 4 is 8.24 Å². The second-order valence-corrected chi connectivity index (χ2v) is 8.70. The number of allylic oxidation sites excluding steroid dienone is 3. The fraction of sp³-hybridized carbons (Fsp3) is 0.538. The van der Waals surface area contributed by atoms with Gasteiger partial charge in [-0.15, -0.1) is 19.7 Å². The summed E-state index contributed by atoms with van der Waals surface area (Å²) in [5, 5.41) is 0. The summed E-state index contributed by atoms with van der Waals surface area (Å²) in [5.74, 6) is 0.